The van der Waals surface area contributed by atoms with Crippen LogP contribution < -0.4 is 10.6 Å². The van der Waals surface area contributed by atoms with Crippen LogP contribution in [0.1, 0.15) is 19.0 Å². The van der Waals surface area contributed by atoms with E-state index in [9.17, 15) is 0 Å². The van der Waals surface area contributed by atoms with Gasteiger partial charge in [-0.3, -0.25) is 4.68 Å². The zero-order chi connectivity index (χ0) is 13.0. The molecule has 0 radical (unpaired) electrons. The van der Waals surface area contributed by atoms with Gasteiger partial charge in [-0.05, 0) is 36.8 Å². The van der Waals surface area contributed by atoms with E-state index in [0.29, 0.717) is 0 Å². The van der Waals surface area contributed by atoms with Gasteiger partial charge in [0.15, 0.2) is 0 Å². The van der Waals surface area contributed by atoms with E-state index >= 15 is 0 Å². The molecule has 96 valence electrons. The van der Waals surface area contributed by atoms with Crippen LogP contribution in [-0.2, 0) is 13.6 Å². The first kappa shape index (κ1) is 12.5. The van der Waals surface area contributed by atoms with E-state index in [1.807, 2.05) is 30.1 Å². The zero-order valence-electron chi connectivity index (χ0n) is 11.0. The summed E-state index contributed by atoms with van der Waals surface area (Å²) in [5.41, 5.74) is 8.80. The summed E-state index contributed by atoms with van der Waals surface area (Å²) in [6.45, 7) is 4.03. The maximum atomic E-state index is 5.72. The predicted octanol–water partition coefficient (Wildman–Crippen LogP) is 2.42. The summed E-state index contributed by atoms with van der Waals surface area (Å²) < 4.78 is 1.84. The van der Waals surface area contributed by atoms with Crippen molar-refractivity contribution < 1.29 is 0 Å². The molecular weight excluding hydrogens is 224 g/mol. The van der Waals surface area contributed by atoms with Crippen molar-refractivity contribution in [3.05, 3.63) is 42.2 Å². The number of nitrogens with zero attached hydrogens (tertiary/aromatic N) is 3. The molecule has 0 bridgehead atoms. The largest absolute Gasteiger partial charge is 0.399 e. The van der Waals surface area contributed by atoms with Crippen LogP contribution in [0.2, 0.25) is 0 Å². The second-order valence-electron chi connectivity index (χ2n) is 4.49. The van der Waals surface area contributed by atoms with Crippen LogP contribution in [0.25, 0.3) is 0 Å². The number of hydrogen-bond acceptors (Lipinski definition) is 3. The molecule has 0 aliphatic heterocycles. The number of benzene rings is 1. The fourth-order valence-electron chi connectivity index (χ4n) is 2.00. The zero-order valence-corrected chi connectivity index (χ0v) is 11.0. The average Bonchev–Trinajstić information content (AvgIpc) is 2.75. The molecule has 2 rings (SSSR count). The molecule has 2 N–H and O–H groups in total. The summed E-state index contributed by atoms with van der Waals surface area (Å²) in [4.78, 5) is 2.32. The van der Waals surface area contributed by atoms with Crippen LogP contribution in [0, 0.1) is 0 Å². The van der Waals surface area contributed by atoms with E-state index in [4.69, 9.17) is 5.73 Å². The molecule has 0 atom stereocenters. The Morgan fingerprint density at radius 1 is 1.22 bits per heavy atom. The highest BCUT2D eigenvalue weighted by molar-refractivity contribution is 5.53. The fraction of sp³-hybridized carbons (Fsp3) is 0.357. The van der Waals surface area contributed by atoms with Crippen LogP contribution in [0.4, 0.5) is 11.4 Å². The van der Waals surface area contributed by atoms with Crippen molar-refractivity contribution in [3.8, 4) is 0 Å². The summed E-state index contributed by atoms with van der Waals surface area (Å²) >= 11 is 0. The standard InChI is InChI=1S/C14H20N4/c1-3-9-18(11-13-8-10-17(2)16-13)14-6-4-12(15)5-7-14/h4-8,10H,3,9,11,15H2,1-2H3. The molecular formula is C14H20N4. The summed E-state index contributed by atoms with van der Waals surface area (Å²) in [7, 11) is 1.94. The Morgan fingerprint density at radius 2 is 1.94 bits per heavy atom. The second-order valence-corrected chi connectivity index (χ2v) is 4.49. The molecule has 4 heteroatoms. The van der Waals surface area contributed by atoms with Crippen molar-refractivity contribution in [1.82, 2.24) is 9.78 Å². The maximum absolute atomic E-state index is 5.72. The Bertz CT molecular complexity index is 487. The highest BCUT2D eigenvalue weighted by Gasteiger charge is 2.08. The first-order valence-corrected chi connectivity index (χ1v) is 6.28. The molecule has 0 saturated heterocycles. The topological polar surface area (TPSA) is 47.1 Å². The minimum atomic E-state index is 0.799. The minimum Gasteiger partial charge on any atom is -0.399 e. The lowest BCUT2D eigenvalue weighted by Gasteiger charge is -2.23. The van der Waals surface area contributed by atoms with Gasteiger partial charge >= 0.3 is 0 Å². The van der Waals surface area contributed by atoms with Crippen molar-refractivity contribution in [3.63, 3.8) is 0 Å². The normalized spacial score (nSPS) is 10.6. The van der Waals surface area contributed by atoms with Crippen molar-refractivity contribution in [2.45, 2.75) is 19.9 Å². The molecule has 0 saturated carbocycles. The van der Waals surface area contributed by atoms with E-state index < -0.39 is 0 Å². The summed E-state index contributed by atoms with van der Waals surface area (Å²) in [5.74, 6) is 0. The Hall–Kier alpha value is -1.97. The monoisotopic (exact) mass is 244 g/mol. The molecule has 0 aliphatic carbocycles. The lowest BCUT2D eigenvalue weighted by Crippen LogP contribution is -2.23. The molecule has 0 aliphatic rings. The molecule has 1 aromatic heterocycles. The van der Waals surface area contributed by atoms with Gasteiger partial charge in [0, 0.05) is 31.2 Å². The third-order valence-corrected chi connectivity index (χ3v) is 2.87. The second kappa shape index (κ2) is 5.58. The maximum Gasteiger partial charge on any atom is 0.0817 e. The van der Waals surface area contributed by atoms with Gasteiger partial charge in [0.25, 0.3) is 0 Å². The number of hydrogen-bond donors (Lipinski definition) is 1. The fourth-order valence-corrected chi connectivity index (χ4v) is 2.00. The van der Waals surface area contributed by atoms with Crippen LogP contribution in [0.5, 0.6) is 0 Å². The molecule has 1 aromatic carbocycles. The SMILES string of the molecule is CCCN(Cc1ccn(C)n1)c1ccc(N)cc1. The third kappa shape index (κ3) is 3.03. The average molecular weight is 244 g/mol. The van der Waals surface area contributed by atoms with Crippen molar-refractivity contribution in [2.75, 3.05) is 17.2 Å². The Morgan fingerprint density at radius 3 is 2.50 bits per heavy atom. The number of nitrogens with two attached hydrogens (primary N) is 1. The lowest BCUT2D eigenvalue weighted by atomic mass is 10.2. The first-order chi connectivity index (χ1) is 8.69. The smallest absolute Gasteiger partial charge is 0.0817 e. The Kier molecular flexibility index (Phi) is 3.87. The van der Waals surface area contributed by atoms with E-state index in [-0.39, 0.29) is 0 Å². The molecule has 0 unspecified atom stereocenters. The number of aromatic nitrogens is 2. The van der Waals surface area contributed by atoms with E-state index in [2.05, 4.69) is 35.1 Å². The van der Waals surface area contributed by atoms with Gasteiger partial charge in [-0.1, -0.05) is 6.92 Å². The molecule has 0 spiro atoms. The van der Waals surface area contributed by atoms with E-state index in [0.717, 1.165) is 30.9 Å². The molecule has 4 nitrogen and oxygen atoms in total. The van der Waals surface area contributed by atoms with Gasteiger partial charge < -0.3 is 10.6 Å². The number of nitrogen functional groups attached to an aromatic ring is 1. The van der Waals surface area contributed by atoms with Crippen molar-refractivity contribution >= 4 is 11.4 Å². The number of rotatable bonds is 5. The van der Waals surface area contributed by atoms with Crippen LogP contribution in [0.3, 0.4) is 0 Å². The molecule has 0 amide bonds. The number of aryl methyl sites for hydroxylation is 1. The van der Waals surface area contributed by atoms with Gasteiger partial charge in [0.2, 0.25) is 0 Å². The van der Waals surface area contributed by atoms with Gasteiger partial charge in [0.05, 0.1) is 12.2 Å². The molecule has 1 heterocycles. The minimum absolute atomic E-state index is 0.799. The summed E-state index contributed by atoms with van der Waals surface area (Å²) in [5, 5.41) is 4.43. The van der Waals surface area contributed by atoms with Crippen LogP contribution in [-0.4, -0.2) is 16.3 Å². The quantitative estimate of drug-likeness (QED) is 0.822. The Labute approximate surface area is 108 Å². The number of anilines is 2. The van der Waals surface area contributed by atoms with E-state index in [1.165, 1.54) is 5.69 Å². The Balaban J connectivity index is 2.14. The van der Waals surface area contributed by atoms with Gasteiger partial charge in [-0.2, -0.15) is 5.10 Å². The van der Waals surface area contributed by atoms with Crippen LogP contribution >= 0.6 is 0 Å². The summed E-state index contributed by atoms with van der Waals surface area (Å²) in [6, 6.07) is 10.1. The molecule has 2 aromatic rings. The first-order valence-electron chi connectivity index (χ1n) is 6.28. The predicted molar refractivity (Wildman–Crippen MR) is 75.4 cm³/mol. The van der Waals surface area contributed by atoms with Gasteiger partial charge in [0.1, 0.15) is 0 Å². The van der Waals surface area contributed by atoms with Crippen molar-refractivity contribution in [1.29, 1.82) is 0 Å². The third-order valence-electron chi connectivity index (χ3n) is 2.87. The van der Waals surface area contributed by atoms with E-state index in [1.54, 1.807) is 0 Å². The summed E-state index contributed by atoms with van der Waals surface area (Å²) in [6.07, 6.45) is 3.08. The lowest BCUT2D eigenvalue weighted by molar-refractivity contribution is 0.708. The molecule has 0 fully saturated rings. The van der Waals surface area contributed by atoms with Gasteiger partial charge in [-0.15, -0.1) is 0 Å². The van der Waals surface area contributed by atoms with Crippen LogP contribution in [0.15, 0.2) is 36.5 Å². The molecule has 18 heavy (non-hydrogen) atoms. The van der Waals surface area contributed by atoms with Crippen molar-refractivity contribution in [2.24, 2.45) is 7.05 Å². The highest BCUT2D eigenvalue weighted by atomic mass is 15.3. The van der Waals surface area contributed by atoms with Gasteiger partial charge in [-0.25, -0.2) is 0 Å². The highest BCUT2D eigenvalue weighted by Crippen LogP contribution is 2.18.